The van der Waals surface area contributed by atoms with Crippen LogP contribution in [-0.2, 0) is 21.9 Å². The van der Waals surface area contributed by atoms with Gasteiger partial charge in [-0.15, -0.1) is 11.3 Å². The second kappa shape index (κ2) is 9.37. The van der Waals surface area contributed by atoms with Crippen LogP contribution in [0.2, 0.25) is 0 Å². The molecule has 0 fully saturated rings. The number of benzene rings is 2. The Bertz CT molecular complexity index is 1290. The van der Waals surface area contributed by atoms with Crippen molar-refractivity contribution < 1.29 is 18.3 Å². The molecule has 176 valence electrons. The number of hydrogen-bond acceptors (Lipinski definition) is 5. The zero-order chi connectivity index (χ0) is 24.6. The van der Waals surface area contributed by atoms with Gasteiger partial charge in [-0.1, -0.05) is 45.0 Å². The number of nitrogens with zero attached hydrogens (tertiary/aromatic N) is 1. The fourth-order valence-electron chi connectivity index (χ4n) is 3.49. The fourth-order valence-corrected chi connectivity index (χ4v) is 5.59. The molecule has 1 aromatic heterocycles. The smallest absolute Gasteiger partial charge is 0.336 e. The second-order valence-electron chi connectivity index (χ2n) is 9.21. The average molecular weight is 487 g/mol. The van der Waals surface area contributed by atoms with Gasteiger partial charge in [-0.3, -0.25) is 0 Å². The van der Waals surface area contributed by atoms with Crippen LogP contribution in [0.3, 0.4) is 0 Å². The normalized spacial score (nSPS) is 12.2. The summed E-state index contributed by atoms with van der Waals surface area (Å²) in [6.45, 7) is 12.1. The summed E-state index contributed by atoms with van der Waals surface area (Å²) in [5, 5.41) is 10.3. The number of aromatic carboxylic acids is 1. The summed E-state index contributed by atoms with van der Waals surface area (Å²) in [7, 11) is -3.84. The van der Waals surface area contributed by atoms with E-state index in [9.17, 15) is 18.3 Å². The molecule has 0 saturated carbocycles. The van der Waals surface area contributed by atoms with E-state index in [2.05, 4.69) is 49.8 Å². The van der Waals surface area contributed by atoms with Crippen LogP contribution in [0.5, 0.6) is 0 Å². The molecule has 0 aliphatic carbocycles. The third-order valence-electron chi connectivity index (χ3n) is 5.73. The number of carbonyl (C=O) groups is 1. The van der Waals surface area contributed by atoms with E-state index in [1.165, 1.54) is 17.7 Å². The van der Waals surface area contributed by atoms with Crippen molar-refractivity contribution in [3.05, 3.63) is 69.2 Å². The molecule has 3 rings (SSSR count). The summed E-state index contributed by atoms with van der Waals surface area (Å²) in [6, 6.07) is 11.1. The predicted octanol–water partition coefficient (Wildman–Crippen LogP) is 5.25. The number of rotatable bonds is 7. The molecule has 0 radical (unpaired) electrons. The van der Waals surface area contributed by atoms with Crippen molar-refractivity contribution in [2.45, 2.75) is 58.3 Å². The van der Waals surface area contributed by atoms with Crippen molar-refractivity contribution in [1.29, 1.82) is 0 Å². The SMILES string of the molecule is Cc1cc(S(=O)(=O)NCCc2nc(-c3ccc(C(C)(C)C)cc3)sc2C)cc(C(=O)O)c1C. The first-order chi connectivity index (χ1) is 15.3. The molecule has 0 amide bonds. The van der Waals surface area contributed by atoms with Crippen LogP contribution in [0.25, 0.3) is 10.6 Å². The van der Waals surface area contributed by atoms with E-state index in [1.807, 2.05) is 6.92 Å². The van der Waals surface area contributed by atoms with Gasteiger partial charge in [0.15, 0.2) is 0 Å². The second-order valence-corrected chi connectivity index (χ2v) is 12.2. The summed E-state index contributed by atoms with van der Waals surface area (Å²) in [5.41, 5.74) is 4.40. The molecular formula is C25H30N2O4S2. The number of thiazole rings is 1. The van der Waals surface area contributed by atoms with E-state index in [0.717, 1.165) is 21.1 Å². The van der Waals surface area contributed by atoms with Crippen molar-refractivity contribution in [2.24, 2.45) is 0 Å². The lowest BCUT2D eigenvalue weighted by molar-refractivity contribution is 0.0695. The predicted molar refractivity (Wildman–Crippen MR) is 133 cm³/mol. The molecule has 0 spiro atoms. The maximum Gasteiger partial charge on any atom is 0.336 e. The standard InChI is InChI=1S/C25H30N2O4S2/c1-15-13-20(14-21(16(15)2)24(28)29)33(30,31)26-12-11-22-17(3)32-23(27-22)18-7-9-19(10-8-18)25(4,5)6/h7-10,13-14,26H,11-12H2,1-6H3,(H,28,29). The molecule has 3 aromatic rings. The van der Waals surface area contributed by atoms with Gasteiger partial charge in [0.25, 0.3) is 0 Å². The van der Waals surface area contributed by atoms with Gasteiger partial charge in [0, 0.05) is 23.4 Å². The van der Waals surface area contributed by atoms with Gasteiger partial charge in [0.2, 0.25) is 10.0 Å². The van der Waals surface area contributed by atoms with Crippen molar-refractivity contribution in [3.8, 4) is 10.6 Å². The largest absolute Gasteiger partial charge is 0.478 e. The van der Waals surface area contributed by atoms with Crippen molar-refractivity contribution in [1.82, 2.24) is 9.71 Å². The number of carboxylic acid groups (broad SMARTS) is 1. The Morgan fingerprint density at radius 2 is 1.73 bits per heavy atom. The maximum atomic E-state index is 12.8. The van der Waals surface area contributed by atoms with Crippen molar-refractivity contribution in [3.63, 3.8) is 0 Å². The molecule has 0 saturated heterocycles. The van der Waals surface area contributed by atoms with Gasteiger partial charge in [0.05, 0.1) is 16.2 Å². The first-order valence-electron chi connectivity index (χ1n) is 10.7. The third-order valence-corrected chi connectivity index (χ3v) is 8.23. The molecule has 2 aromatic carbocycles. The Hall–Kier alpha value is -2.55. The van der Waals surface area contributed by atoms with E-state index in [-0.39, 0.29) is 22.4 Å². The number of aryl methyl sites for hydroxylation is 2. The van der Waals surface area contributed by atoms with E-state index >= 15 is 0 Å². The molecule has 0 unspecified atom stereocenters. The minimum Gasteiger partial charge on any atom is -0.478 e. The Balaban J connectivity index is 1.72. The number of nitrogens with one attached hydrogen (secondary N) is 1. The van der Waals surface area contributed by atoms with Gasteiger partial charge in [-0.2, -0.15) is 0 Å². The fraction of sp³-hybridized carbons (Fsp3) is 0.360. The molecule has 2 N–H and O–H groups in total. The first kappa shape index (κ1) is 25.1. The minimum absolute atomic E-state index is 0.00663. The summed E-state index contributed by atoms with van der Waals surface area (Å²) < 4.78 is 28.1. The van der Waals surface area contributed by atoms with Gasteiger partial charge in [0.1, 0.15) is 5.01 Å². The van der Waals surface area contributed by atoms with Crippen LogP contribution >= 0.6 is 11.3 Å². The van der Waals surface area contributed by atoms with E-state index in [0.29, 0.717) is 17.5 Å². The van der Waals surface area contributed by atoms with Crippen LogP contribution in [0.15, 0.2) is 41.3 Å². The Kier molecular flexibility index (Phi) is 7.12. The minimum atomic E-state index is -3.84. The van der Waals surface area contributed by atoms with Crippen LogP contribution in [0, 0.1) is 20.8 Å². The molecule has 33 heavy (non-hydrogen) atoms. The number of aromatic nitrogens is 1. The lowest BCUT2D eigenvalue weighted by atomic mass is 9.87. The summed E-state index contributed by atoms with van der Waals surface area (Å²) in [4.78, 5) is 17.2. The molecule has 8 heteroatoms. The highest BCUT2D eigenvalue weighted by Crippen LogP contribution is 2.30. The third kappa shape index (κ3) is 5.69. The molecule has 0 aliphatic heterocycles. The van der Waals surface area contributed by atoms with Gasteiger partial charge in [-0.25, -0.2) is 22.9 Å². The van der Waals surface area contributed by atoms with Gasteiger partial charge < -0.3 is 5.11 Å². The molecule has 0 atom stereocenters. The molecule has 6 nitrogen and oxygen atoms in total. The molecule has 1 heterocycles. The van der Waals surface area contributed by atoms with Crippen LogP contribution in [-0.4, -0.2) is 31.0 Å². The molecule has 0 bridgehead atoms. The zero-order valence-electron chi connectivity index (χ0n) is 19.8. The summed E-state index contributed by atoms with van der Waals surface area (Å²) in [6.07, 6.45) is 0.443. The maximum absolute atomic E-state index is 12.8. The number of sulfonamides is 1. The van der Waals surface area contributed by atoms with Crippen molar-refractivity contribution in [2.75, 3.05) is 6.54 Å². The average Bonchev–Trinajstić information content (AvgIpc) is 3.09. The van der Waals surface area contributed by atoms with E-state index < -0.39 is 16.0 Å². The highest BCUT2D eigenvalue weighted by molar-refractivity contribution is 7.89. The number of hydrogen-bond donors (Lipinski definition) is 2. The Morgan fingerprint density at radius 1 is 1.09 bits per heavy atom. The topological polar surface area (TPSA) is 96.4 Å². The number of carboxylic acids is 1. The lowest BCUT2D eigenvalue weighted by Gasteiger charge is -2.18. The van der Waals surface area contributed by atoms with E-state index in [1.54, 1.807) is 25.2 Å². The lowest BCUT2D eigenvalue weighted by Crippen LogP contribution is -2.26. The quantitative estimate of drug-likeness (QED) is 0.475. The Morgan fingerprint density at radius 3 is 2.30 bits per heavy atom. The van der Waals surface area contributed by atoms with E-state index in [4.69, 9.17) is 4.98 Å². The monoisotopic (exact) mass is 486 g/mol. The summed E-state index contributed by atoms with van der Waals surface area (Å²) >= 11 is 1.59. The first-order valence-corrected chi connectivity index (χ1v) is 13.0. The van der Waals surface area contributed by atoms with Gasteiger partial charge >= 0.3 is 5.97 Å². The highest BCUT2D eigenvalue weighted by atomic mass is 32.2. The van der Waals surface area contributed by atoms with Crippen LogP contribution in [0.4, 0.5) is 0 Å². The molecule has 0 aliphatic rings. The van der Waals surface area contributed by atoms with Gasteiger partial charge in [-0.05, 0) is 55.0 Å². The van der Waals surface area contributed by atoms with Crippen LogP contribution < -0.4 is 4.72 Å². The van der Waals surface area contributed by atoms with Crippen LogP contribution in [0.1, 0.15) is 58.4 Å². The summed E-state index contributed by atoms with van der Waals surface area (Å²) in [5.74, 6) is -1.14. The Labute approximate surface area is 199 Å². The highest BCUT2D eigenvalue weighted by Gasteiger charge is 2.20. The molecular weight excluding hydrogens is 456 g/mol. The zero-order valence-corrected chi connectivity index (χ0v) is 21.4. The van der Waals surface area contributed by atoms with Crippen molar-refractivity contribution >= 4 is 27.3 Å².